The van der Waals surface area contributed by atoms with Crippen molar-refractivity contribution in [1.29, 1.82) is 0 Å². The van der Waals surface area contributed by atoms with Crippen LogP contribution in [0.3, 0.4) is 0 Å². The summed E-state index contributed by atoms with van der Waals surface area (Å²) < 4.78 is 2.11. The lowest BCUT2D eigenvalue weighted by molar-refractivity contribution is 0.969. The molecule has 0 aliphatic heterocycles. The highest BCUT2D eigenvalue weighted by atomic mass is 14.9. The third kappa shape index (κ3) is 1.29. The molecule has 0 bridgehead atoms. The molecule has 0 aliphatic rings. The van der Waals surface area contributed by atoms with Crippen LogP contribution in [0.15, 0.2) is 49.1 Å². The topological polar surface area (TPSA) is 30.7 Å². The average Bonchev–Trinajstić information content (AvgIpc) is 2.69. The monoisotopic (exact) mass is 209 g/mol. The molecule has 0 N–H and O–H groups in total. The van der Waals surface area contributed by atoms with Crippen LogP contribution in [-0.4, -0.2) is 14.5 Å². The number of para-hydroxylation sites is 1. The van der Waals surface area contributed by atoms with Gasteiger partial charge in [0, 0.05) is 42.1 Å². The van der Waals surface area contributed by atoms with Crippen LogP contribution in [0.25, 0.3) is 22.2 Å². The molecule has 3 rings (SSSR count). The molecule has 0 atom stereocenters. The second-order valence-electron chi connectivity index (χ2n) is 3.76. The van der Waals surface area contributed by atoms with Gasteiger partial charge in [0.05, 0.1) is 11.9 Å². The summed E-state index contributed by atoms with van der Waals surface area (Å²) in [5.41, 5.74) is 3.26. The van der Waals surface area contributed by atoms with Gasteiger partial charge in [0.1, 0.15) is 0 Å². The second kappa shape index (κ2) is 3.45. The second-order valence-corrected chi connectivity index (χ2v) is 3.76. The minimum absolute atomic E-state index is 0.916. The Morgan fingerprint density at radius 2 is 2.00 bits per heavy atom. The normalized spacial score (nSPS) is 10.8. The molecule has 0 fully saturated rings. The van der Waals surface area contributed by atoms with E-state index in [9.17, 15) is 0 Å². The minimum atomic E-state index is 0.916. The molecule has 78 valence electrons. The number of rotatable bonds is 1. The summed E-state index contributed by atoms with van der Waals surface area (Å²) in [5.74, 6) is 0. The van der Waals surface area contributed by atoms with Gasteiger partial charge < -0.3 is 4.57 Å². The lowest BCUT2D eigenvalue weighted by Gasteiger charge is -1.96. The molecule has 0 spiro atoms. The van der Waals surface area contributed by atoms with Crippen LogP contribution in [0.2, 0.25) is 0 Å². The number of benzene rings is 1. The summed E-state index contributed by atoms with van der Waals surface area (Å²) in [6, 6.07) is 8.31. The molecule has 0 saturated heterocycles. The fourth-order valence-corrected chi connectivity index (χ4v) is 1.98. The van der Waals surface area contributed by atoms with Gasteiger partial charge in [-0.3, -0.25) is 9.97 Å². The highest BCUT2D eigenvalue weighted by Crippen LogP contribution is 2.27. The SMILES string of the molecule is Cn1cc(-c2cnccn2)c2ccccc21. The lowest BCUT2D eigenvalue weighted by Crippen LogP contribution is -1.83. The van der Waals surface area contributed by atoms with Crippen LogP contribution in [0.1, 0.15) is 0 Å². The Morgan fingerprint density at radius 1 is 1.12 bits per heavy atom. The fraction of sp³-hybridized carbons (Fsp3) is 0.0769. The maximum Gasteiger partial charge on any atom is 0.0906 e. The van der Waals surface area contributed by atoms with E-state index in [2.05, 4.69) is 32.9 Å². The van der Waals surface area contributed by atoms with E-state index in [1.807, 2.05) is 19.2 Å². The summed E-state index contributed by atoms with van der Waals surface area (Å²) in [6.45, 7) is 0. The standard InChI is InChI=1S/C13H11N3/c1-16-9-11(12-8-14-6-7-15-12)10-4-2-3-5-13(10)16/h2-9H,1H3. The predicted octanol–water partition coefficient (Wildman–Crippen LogP) is 2.64. The molecule has 0 amide bonds. The molecule has 0 aliphatic carbocycles. The van der Waals surface area contributed by atoms with Gasteiger partial charge in [-0.2, -0.15) is 0 Å². The highest BCUT2D eigenvalue weighted by molar-refractivity contribution is 5.94. The third-order valence-corrected chi connectivity index (χ3v) is 2.74. The zero-order chi connectivity index (χ0) is 11.0. The van der Waals surface area contributed by atoms with E-state index in [1.165, 1.54) is 10.9 Å². The van der Waals surface area contributed by atoms with Gasteiger partial charge >= 0.3 is 0 Å². The van der Waals surface area contributed by atoms with Gasteiger partial charge in [0.25, 0.3) is 0 Å². The van der Waals surface area contributed by atoms with E-state index in [0.717, 1.165) is 11.3 Å². The molecule has 0 saturated carbocycles. The van der Waals surface area contributed by atoms with Crippen LogP contribution in [-0.2, 0) is 7.05 Å². The van der Waals surface area contributed by atoms with E-state index in [0.29, 0.717) is 0 Å². The molecule has 3 aromatic rings. The number of aryl methyl sites for hydroxylation is 1. The van der Waals surface area contributed by atoms with Crippen molar-refractivity contribution >= 4 is 10.9 Å². The Hall–Kier alpha value is -2.16. The van der Waals surface area contributed by atoms with Crippen LogP contribution in [0.5, 0.6) is 0 Å². The summed E-state index contributed by atoms with van der Waals surface area (Å²) >= 11 is 0. The molecule has 0 unspecified atom stereocenters. The van der Waals surface area contributed by atoms with Gasteiger partial charge in [-0.05, 0) is 6.07 Å². The summed E-state index contributed by atoms with van der Waals surface area (Å²) in [6.07, 6.45) is 7.29. The predicted molar refractivity (Wildman–Crippen MR) is 63.9 cm³/mol. The van der Waals surface area contributed by atoms with E-state index >= 15 is 0 Å². The Morgan fingerprint density at radius 3 is 2.81 bits per heavy atom. The van der Waals surface area contributed by atoms with Crippen LogP contribution < -0.4 is 0 Å². The van der Waals surface area contributed by atoms with Gasteiger partial charge in [-0.1, -0.05) is 18.2 Å². The quantitative estimate of drug-likeness (QED) is 0.616. The third-order valence-electron chi connectivity index (χ3n) is 2.74. The number of fused-ring (bicyclic) bond motifs is 1. The van der Waals surface area contributed by atoms with Crippen molar-refractivity contribution < 1.29 is 0 Å². The minimum Gasteiger partial charge on any atom is -0.350 e. The molecule has 0 radical (unpaired) electrons. The zero-order valence-corrected chi connectivity index (χ0v) is 8.96. The molecule has 3 heteroatoms. The first-order valence-electron chi connectivity index (χ1n) is 5.17. The molecule has 1 aromatic carbocycles. The van der Waals surface area contributed by atoms with Crippen molar-refractivity contribution in [3.63, 3.8) is 0 Å². The maximum atomic E-state index is 4.34. The van der Waals surface area contributed by atoms with E-state index in [-0.39, 0.29) is 0 Å². The van der Waals surface area contributed by atoms with Crippen molar-refractivity contribution in [1.82, 2.24) is 14.5 Å². The Balaban J connectivity index is 2.33. The zero-order valence-electron chi connectivity index (χ0n) is 8.96. The first kappa shape index (κ1) is 9.09. The van der Waals surface area contributed by atoms with Gasteiger partial charge in [-0.15, -0.1) is 0 Å². The summed E-state index contributed by atoms with van der Waals surface area (Å²) in [4.78, 5) is 8.44. The summed E-state index contributed by atoms with van der Waals surface area (Å²) in [5, 5.41) is 1.21. The number of hydrogen-bond acceptors (Lipinski definition) is 2. The first-order chi connectivity index (χ1) is 7.86. The van der Waals surface area contributed by atoms with Gasteiger partial charge in [0.15, 0.2) is 0 Å². The number of nitrogens with zero attached hydrogens (tertiary/aromatic N) is 3. The van der Waals surface area contributed by atoms with E-state index < -0.39 is 0 Å². The van der Waals surface area contributed by atoms with Crippen molar-refractivity contribution in [2.75, 3.05) is 0 Å². The van der Waals surface area contributed by atoms with Crippen LogP contribution in [0.4, 0.5) is 0 Å². The molecule has 2 heterocycles. The van der Waals surface area contributed by atoms with Gasteiger partial charge in [-0.25, -0.2) is 0 Å². The molecule has 16 heavy (non-hydrogen) atoms. The van der Waals surface area contributed by atoms with Crippen molar-refractivity contribution in [3.05, 3.63) is 49.1 Å². The van der Waals surface area contributed by atoms with Crippen molar-refractivity contribution in [3.8, 4) is 11.3 Å². The average molecular weight is 209 g/mol. The van der Waals surface area contributed by atoms with Gasteiger partial charge in [0.2, 0.25) is 0 Å². The molecule has 3 nitrogen and oxygen atoms in total. The van der Waals surface area contributed by atoms with Crippen LogP contribution in [0, 0.1) is 0 Å². The highest BCUT2D eigenvalue weighted by Gasteiger charge is 2.08. The maximum absolute atomic E-state index is 4.34. The van der Waals surface area contributed by atoms with Crippen molar-refractivity contribution in [2.45, 2.75) is 0 Å². The lowest BCUT2D eigenvalue weighted by atomic mass is 10.1. The fourth-order valence-electron chi connectivity index (χ4n) is 1.98. The smallest absolute Gasteiger partial charge is 0.0906 e. The van der Waals surface area contributed by atoms with Crippen LogP contribution >= 0.6 is 0 Å². The number of aromatic nitrogens is 3. The Bertz CT molecular complexity index is 626. The molecular formula is C13H11N3. The summed E-state index contributed by atoms with van der Waals surface area (Å²) in [7, 11) is 2.04. The Labute approximate surface area is 93.4 Å². The van der Waals surface area contributed by atoms with Crippen molar-refractivity contribution in [2.24, 2.45) is 7.05 Å². The van der Waals surface area contributed by atoms with E-state index in [4.69, 9.17) is 0 Å². The number of hydrogen-bond donors (Lipinski definition) is 0. The molecular weight excluding hydrogens is 198 g/mol. The van der Waals surface area contributed by atoms with E-state index in [1.54, 1.807) is 18.6 Å². The largest absolute Gasteiger partial charge is 0.350 e. The molecule has 2 aromatic heterocycles. The first-order valence-corrected chi connectivity index (χ1v) is 5.17. The Kier molecular flexibility index (Phi) is 1.96.